The van der Waals surface area contributed by atoms with Crippen LogP contribution in [-0.4, -0.2) is 22.2 Å². The first-order valence-corrected chi connectivity index (χ1v) is 5.12. The Balaban J connectivity index is 3.10. The van der Waals surface area contributed by atoms with E-state index >= 15 is 0 Å². The lowest BCUT2D eigenvalue weighted by atomic mass is 10.0. The first-order chi connectivity index (χ1) is 6.95. The van der Waals surface area contributed by atoms with Crippen LogP contribution in [0.1, 0.15) is 11.7 Å². The average Bonchev–Trinajstić information content (AvgIpc) is 2.15. The lowest BCUT2D eigenvalue weighted by molar-refractivity contribution is -0.132. The van der Waals surface area contributed by atoms with Gasteiger partial charge in [-0.25, -0.2) is 4.39 Å². The van der Waals surface area contributed by atoms with Gasteiger partial charge in [0.15, 0.2) is 6.10 Å². The summed E-state index contributed by atoms with van der Waals surface area (Å²) in [5, 5.41) is 18.7. The summed E-state index contributed by atoms with van der Waals surface area (Å²) in [4.78, 5) is 10.6. The topological polar surface area (TPSA) is 83.6 Å². The third kappa shape index (κ3) is 2.64. The Bertz CT molecular complexity index is 365. The van der Waals surface area contributed by atoms with E-state index in [0.717, 1.165) is 6.07 Å². The van der Waals surface area contributed by atoms with E-state index in [1.807, 2.05) is 0 Å². The minimum Gasteiger partial charge on any atom is -0.385 e. The van der Waals surface area contributed by atoms with Crippen LogP contribution in [0.15, 0.2) is 18.2 Å². The fourth-order valence-corrected chi connectivity index (χ4v) is 1.89. The van der Waals surface area contributed by atoms with E-state index in [2.05, 4.69) is 0 Å². The van der Waals surface area contributed by atoms with Gasteiger partial charge >= 0.3 is 0 Å². The predicted octanol–water partition coefficient (Wildman–Crippen LogP) is 0.310. The molecule has 2 atom stereocenters. The van der Waals surface area contributed by atoms with Crippen molar-refractivity contribution in [2.24, 2.45) is 5.73 Å². The number of nitrogens with two attached hydrogens (primary N) is 1. The Kier molecular flexibility index (Phi) is 4.00. The largest absolute Gasteiger partial charge is 0.385 e. The van der Waals surface area contributed by atoms with Gasteiger partial charge in [-0.05, 0) is 34.7 Å². The molecule has 0 heterocycles. The number of amides is 1. The van der Waals surface area contributed by atoms with Crippen LogP contribution in [0.3, 0.4) is 0 Å². The molecule has 6 heteroatoms. The van der Waals surface area contributed by atoms with Crippen molar-refractivity contribution in [3.05, 3.63) is 33.1 Å². The van der Waals surface area contributed by atoms with Gasteiger partial charge in [0.05, 0.1) is 0 Å². The fraction of sp³-hybridized carbons (Fsp3) is 0.222. The molecule has 4 N–H and O–H groups in total. The second kappa shape index (κ2) is 4.86. The smallest absolute Gasteiger partial charge is 0.249 e. The first kappa shape index (κ1) is 12.3. The fourth-order valence-electron chi connectivity index (χ4n) is 1.11. The molecule has 0 spiro atoms. The standard InChI is InChI=1S/C9H9FINO3/c10-4-2-1-3-5(11)6(4)7(13)8(14)9(12)15/h1-3,7-8,13-14H,(H2,12,15). The van der Waals surface area contributed by atoms with Crippen molar-refractivity contribution in [2.75, 3.05) is 0 Å². The van der Waals surface area contributed by atoms with Gasteiger partial charge in [-0.1, -0.05) is 6.07 Å². The minimum absolute atomic E-state index is 0.121. The molecule has 1 rings (SSSR count). The quantitative estimate of drug-likeness (QED) is 0.700. The molecule has 0 fully saturated rings. The van der Waals surface area contributed by atoms with E-state index in [-0.39, 0.29) is 5.56 Å². The molecule has 0 aliphatic carbocycles. The molecule has 4 nitrogen and oxygen atoms in total. The maximum absolute atomic E-state index is 13.3. The van der Waals surface area contributed by atoms with E-state index < -0.39 is 23.9 Å². The normalized spacial score (nSPS) is 14.7. The van der Waals surface area contributed by atoms with Crippen LogP contribution in [0, 0.1) is 9.39 Å². The Labute approximate surface area is 99.0 Å². The molecule has 0 aliphatic rings. The van der Waals surface area contributed by atoms with Crippen molar-refractivity contribution >= 4 is 28.5 Å². The summed E-state index contributed by atoms with van der Waals surface area (Å²) < 4.78 is 13.7. The van der Waals surface area contributed by atoms with Gasteiger partial charge in [0.2, 0.25) is 5.91 Å². The average molecular weight is 325 g/mol. The third-order valence-corrected chi connectivity index (χ3v) is 2.83. The number of carbonyl (C=O) groups is 1. The minimum atomic E-state index is -1.81. The third-order valence-electron chi connectivity index (χ3n) is 1.89. The molecule has 1 aromatic carbocycles. The monoisotopic (exact) mass is 325 g/mol. The Hall–Kier alpha value is -0.730. The van der Waals surface area contributed by atoms with Crippen molar-refractivity contribution in [3.63, 3.8) is 0 Å². The molecule has 0 radical (unpaired) electrons. The van der Waals surface area contributed by atoms with Crippen molar-refractivity contribution in [1.82, 2.24) is 0 Å². The number of hydrogen-bond donors (Lipinski definition) is 3. The second-order valence-electron chi connectivity index (χ2n) is 2.93. The van der Waals surface area contributed by atoms with Gasteiger partial charge < -0.3 is 15.9 Å². The summed E-state index contributed by atoms with van der Waals surface area (Å²) in [6, 6.07) is 4.15. The van der Waals surface area contributed by atoms with Crippen LogP contribution in [-0.2, 0) is 4.79 Å². The van der Waals surface area contributed by atoms with Crippen LogP contribution < -0.4 is 5.73 Å². The Morgan fingerprint density at radius 1 is 1.47 bits per heavy atom. The summed E-state index contributed by atoms with van der Waals surface area (Å²) in [6.45, 7) is 0. The van der Waals surface area contributed by atoms with Gasteiger partial charge in [-0.2, -0.15) is 0 Å². The van der Waals surface area contributed by atoms with Gasteiger partial charge in [-0.3, -0.25) is 4.79 Å². The molecule has 15 heavy (non-hydrogen) atoms. The van der Waals surface area contributed by atoms with Crippen LogP contribution >= 0.6 is 22.6 Å². The molecule has 0 saturated carbocycles. The van der Waals surface area contributed by atoms with E-state index in [1.54, 1.807) is 28.7 Å². The van der Waals surface area contributed by atoms with Gasteiger partial charge in [0.1, 0.15) is 11.9 Å². The molecule has 1 amide bonds. The molecule has 0 bridgehead atoms. The zero-order valence-corrected chi connectivity index (χ0v) is 9.68. The lowest BCUT2D eigenvalue weighted by Gasteiger charge is -2.17. The summed E-state index contributed by atoms with van der Waals surface area (Å²) in [6.07, 6.45) is -3.45. The number of halogens is 2. The molecule has 82 valence electrons. The summed E-state index contributed by atoms with van der Waals surface area (Å²) in [5.41, 5.74) is 4.68. The molecular formula is C9H9FINO3. The number of benzene rings is 1. The maximum Gasteiger partial charge on any atom is 0.249 e. The highest BCUT2D eigenvalue weighted by molar-refractivity contribution is 14.1. The van der Waals surface area contributed by atoms with Crippen LogP contribution in [0.2, 0.25) is 0 Å². The lowest BCUT2D eigenvalue weighted by Crippen LogP contribution is -2.34. The number of carbonyl (C=O) groups excluding carboxylic acids is 1. The van der Waals surface area contributed by atoms with E-state index in [0.29, 0.717) is 3.57 Å². The van der Waals surface area contributed by atoms with E-state index in [1.165, 1.54) is 6.07 Å². The van der Waals surface area contributed by atoms with E-state index in [9.17, 15) is 19.4 Å². The predicted molar refractivity (Wildman–Crippen MR) is 59.3 cm³/mol. The highest BCUT2D eigenvalue weighted by atomic mass is 127. The van der Waals surface area contributed by atoms with E-state index in [4.69, 9.17) is 5.73 Å². The molecule has 0 aromatic heterocycles. The second-order valence-corrected chi connectivity index (χ2v) is 4.09. The Morgan fingerprint density at radius 2 is 2.07 bits per heavy atom. The molecule has 0 aliphatic heterocycles. The van der Waals surface area contributed by atoms with Crippen molar-refractivity contribution in [3.8, 4) is 0 Å². The molecule has 1 aromatic rings. The van der Waals surface area contributed by atoms with Crippen LogP contribution in [0.25, 0.3) is 0 Å². The van der Waals surface area contributed by atoms with Gasteiger partial charge in [0.25, 0.3) is 0 Å². The van der Waals surface area contributed by atoms with Crippen molar-refractivity contribution in [2.45, 2.75) is 12.2 Å². The number of hydrogen-bond acceptors (Lipinski definition) is 3. The SMILES string of the molecule is NC(=O)C(O)C(O)c1c(F)cccc1I. The number of aliphatic hydroxyl groups is 2. The van der Waals surface area contributed by atoms with Crippen molar-refractivity contribution < 1.29 is 19.4 Å². The number of primary amides is 1. The van der Waals surface area contributed by atoms with Crippen molar-refractivity contribution in [1.29, 1.82) is 0 Å². The number of rotatable bonds is 3. The molecule has 2 unspecified atom stereocenters. The first-order valence-electron chi connectivity index (χ1n) is 4.04. The molecule has 0 saturated heterocycles. The van der Waals surface area contributed by atoms with Gasteiger partial charge in [0, 0.05) is 9.13 Å². The summed E-state index contributed by atoms with van der Waals surface area (Å²) in [7, 11) is 0. The number of aliphatic hydroxyl groups excluding tert-OH is 2. The zero-order valence-electron chi connectivity index (χ0n) is 7.52. The van der Waals surface area contributed by atoms with Gasteiger partial charge in [-0.15, -0.1) is 0 Å². The van der Waals surface area contributed by atoms with Crippen LogP contribution in [0.4, 0.5) is 4.39 Å². The van der Waals surface area contributed by atoms with Crippen LogP contribution in [0.5, 0.6) is 0 Å². The summed E-state index contributed by atoms with van der Waals surface area (Å²) >= 11 is 1.79. The summed E-state index contributed by atoms with van der Waals surface area (Å²) in [5.74, 6) is -1.78. The highest BCUT2D eigenvalue weighted by Crippen LogP contribution is 2.25. The zero-order chi connectivity index (χ0) is 11.6. The molecular weight excluding hydrogens is 316 g/mol. The highest BCUT2D eigenvalue weighted by Gasteiger charge is 2.27. The maximum atomic E-state index is 13.3. The Morgan fingerprint density at radius 3 is 2.53 bits per heavy atom.